The van der Waals surface area contributed by atoms with Crippen LogP contribution >= 0.6 is 7.60 Å². The zero-order valence-electron chi connectivity index (χ0n) is 9.13. The normalized spacial score (nSPS) is 20.2. The molecule has 1 aromatic carbocycles. The zero-order chi connectivity index (χ0) is 11.8. The molecule has 0 saturated heterocycles. The van der Waals surface area contributed by atoms with Crippen LogP contribution in [0, 0.1) is 0 Å². The van der Waals surface area contributed by atoms with Crippen LogP contribution in [-0.2, 0) is 4.57 Å². The monoisotopic (exact) mass is 241 g/mol. The lowest BCUT2D eigenvalue weighted by atomic mass is 10.2. The van der Waals surface area contributed by atoms with Gasteiger partial charge in [-0.25, -0.2) is 0 Å². The molecule has 1 unspecified atom stereocenters. The smallest absolute Gasteiger partial charge is 0.333 e. The van der Waals surface area contributed by atoms with Gasteiger partial charge >= 0.3 is 7.60 Å². The summed E-state index contributed by atoms with van der Waals surface area (Å²) >= 11 is 0. The third-order valence-corrected chi connectivity index (χ3v) is 5.30. The average molecular weight is 241 g/mol. The van der Waals surface area contributed by atoms with Gasteiger partial charge in [0.2, 0.25) is 0 Å². The molecule has 1 saturated carbocycles. The maximum atomic E-state index is 11.4. The van der Waals surface area contributed by atoms with Crippen LogP contribution in [0.3, 0.4) is 0 Å². The first-order valence-electron chi connectivity index (χ1n) is 5.33. The Morgan fingerprint density at radius 2 is 1.88 bits per heavy atom. The third kappa shape index (κ3) is 2.01. The summed E-state index contributed by atoms with van der Waals surface area (Å²) < 4.78 is 11.4. The molecule has 1 atom stereocenters. The van der Waals surface area contributed by atoms with Gasteiger partial charge in [-0.3, -0.25) is 4.57 Å². The first kappa shape index (κ1) is 11.6. The van der Waals surface area contributed by atoms with E-state index in [4.69, 9.17) is 0 Å². The highest BCUT2D eigenvalue weighted by molar-refractivity contribution is 7.54. The van der Waals surface area contributed by atoms with Crippen LogP contribution in [-0.4, -0.2) is 21.0 Å². The third-order valence-electron chi connectivity index (χ3n) is 3.31. The molecule has 4 nitrogen and oxygen atoms in total. The average Bonchev–Trinajstić information content (AvgIpc) is 2.98. The summed E-state index contributed by atoms with van der Waals surface area (Å²) in [6.07, 6.45) is 1.19. The fourth-order valence-corrected chi connectivity index (χ4v) is 3.29. The van der Waals surface area contributed by atoms with Gasteiger partial charge in [0, 0.05) is 11.7 Å². The van der Waals surface area contributed by atoms with E-state index >= 15 is 0 Å². The Labute approximate surface area is 94.9 Å². The molecule has 2 rings (SSSR count). The Morgan fingerprint density at radius 3 is 2.31 bits per heavy atom. The molecular weight excluding hydrogens is 225 g/mol. The molecule has 1 fully saturated rings. The summed E-state index contributed by atoms with van der Waals surface area (Å²) in [5.41, 5.74) is 0.898. The van der Waals surface area contributed by atoms with Crippen molar-refractivity contribution in [2.45, 2.75) is 31.0 Å². The zero-order valence-corrected chi connectivity index (χ0v) is 10.0. The van der Waals surface area contributed by atoms with E-state index in [9.17, 15) is 14.4 Å². The Kier molecular flexibility index (Phi) is 2.82. The van der Waals surface area contributed by atoms with Gasteiger partial charge in [0.25, 0.3) is 0 Å². The van der Waals surface area contributed by atoms with Crippen molar-refractivity contribution < 1.29 is 14.4 Å². The number of nitrogens with one attached hydrogen (secondary N) is 1. The van der Waals surface area contributed by atoms with Gasteiger partial charge in [-0.05, 0) is 31.9 Å². The lowest BCUT2D eigenvalue weighted by Crippen LogP contribution is -2.32. The van der Waals surface area contributed by atoms with E-state index in [0.717, 1.165) is 5.69 Å². The van der Waals surface area contributed by atoms with Crippen molar-refractivity contribution in [3.63, 3.8) is 0 Å². The maximum absolute atomic E-state index is 11.4. The predicted molar refractivity (Wildman–Crippen MR) is 63.5 cm³/mol. The lowest BCUT2D eigenvalue weighted by Gasteiger charge is -2.26. The van der Waals surface area contributed by atoms with Crippen molar-refractivity contribution in [3.05, 3.63) is 30.3 Å². The van der Waals surface area contributed by atoms with E-state index in [-0.39, 0.29) is 6.04 Å². The number of anilines is 1. The molecule has 1 aromatic rings. The Hall–Kier alpha value is -0.830. The van der Waals surface area contributed by atoms with Crippen molar-refractivity contribution >= 4 is 13.3 Å². The number of rotatable bonds is 4. The van der Waals surface area contributed by atoms with Crippen LogP contribution < -0.4 is 5.32 Å². The first-order valence-corrected chi connectivity index (χ1v) is 6.94. The highest BCUT2D eigenvalue weighted by Crippen LogP contribution is 2.66. The molecule has 88 valence electrons. The summed E-state index contributed by atoms with van der Waals surface area (Å²) in [5, 5.41) is 2.31. The van der Waals surface area contributed by atoms with E-state index in [1.165, 1.54) is 0 Å². The molecule has 0 bridgehead atoms. The van der Waals surface area contributed by atoms with E-state index in [1.807, 2.05) is 37.3 Å². The minimum Gasteiger partial charge on any atom is -0.381 e. The highest BCUT2D eigenvalue weighted by Gasteiger charge is 2.60. The topological polar surface area (TPSA) is 69.6 Å². The number of hydrogen-bond acceptors (Lipinski definition) is 2. The lowest BCUT2D eigenvalue weighted by molar-refractivity contribution is 0.348. The van der Waals surface area contributed by atoms with Gasteiger partial charge in [0.05, 0.1) is 5.16 Å². The van der Waals surface area contributed by atoms with Crippen LogP contribution in [0.1, 0.15) is 19.8 Å². The molecular formula is C11H16NO3P. The second-order valence-electron chi connectivity index (χ2n) is 4.38. The van der Waals surface area contributed by atoms with Crippen molar-refractivity contribution in [2.75, 3.05) is 5.32 Å². The molecule has 1 aliphatic rings. The van der Waals surface area contributed by atoms with E-state index in [1.54, 1.807) is 0 Å². The number of hydrogen-bond donors (Lipinski definition) is 3. The summed E-state index contributed by atoms with van der Waals surface area (Å²) in [5.74, 6) is 0. The number of para-hydroxylation sites is 1. The molecule has 0 aliphatic heterocycles. The van der Waals surface area contributed by atoms with Gasteiger partial charge in [-0.1, -0.05) is 18.2 Å². The van der Waals surface area contributed by atoms with Crippen LogP contribution in [0.15, 0.2) is 30.3 Å². The number of benzene rings is 1. The van der Waals surface area contributed by atoms with Crippen LogP contribution in [0.4, 0.5) is 5.69 Å². The van der Waals surface area contributed by atoms with Crippen LogP contribution in [0.5, 0.6) is 0 Å². The fourth-order valence-electron chi connectivity index (χ4n) is 2.02. The summed E-state index contributed by atoms with van der Waals surface area (Å²) in [6.45, 7) is 1.83. The quantitative estimate of drug-likeness (QED) is 0.707. The van der Waals surface area contributed by atoms with Crippen molar-refractivity contribution in [1.29, 1.82) is 0 Å². The van der Waals surface area contributed by atoms with Crippen LogP contribution in [0.2, 0.25) is 0 Å². The molecule has 0 spiro atoms. The van der Waals surface area contributed by atoms with E-state index in [0.29, 0.717) is 12.8 Å². The van der Waals surface area contributed by atoms with Gasteiger partial charge in [0.1, 0.15) is 0 Å². The molecule has 0 radical (unpaired) electrons. The standard InChI is InChI=1S/C11H16NO3P/c1-9(11(7-8-11)16(13,14)15)12-10-5-3-2-4-6-10/h2-6,9,12H,7-8H2,1H3,(H2,13,14,15). The molecule has 1 aliphatic carbocycles. The molecule has 3 N–H and O–H groups in total. The van der Waals surface area contributed by atoms with Crippen molar-refractivity contribution in [2.24, 2.45) is 0 Å². The van der Waals surface area contributed by atoms with Crippen molar-refractivity contribution in [1.82, 2.24) is 0 Å². The van der Waals surface area contributed by atoms with Gasteiger partial charge in [-0.2, -0.15) is 0 Å². The summed E-state index contributed by atoms with van der Waals surface area (Å²) in [4.78, 5) is 18.7. The van der Waals surface area contributed by atoms with Crippen LogP contribution in [0.25, 0.3) is 0 Å². The van der Waals surface area contributed by atoms with E-state index in [2.05, 4.69) is 5.32 Å². The van der Waals surface area contributed by atoms with E-state index < -0.39 is 12.8 Å². The van der Waals surface area contributed by atoms with Crippen molar-refractivity contribution in [3.8, 4) is 0 Å². The Balaban J connectivity index is 2.10. The first-order chi connectivity index (χ1) is 7.46. The van der Waals surface area contributed by atoms with Gasteiger partial charge in [0.15, 0.2) is 0 Å². The summed E-state index contributed by atoms with van der Waals surface area (Å²) in [7, 11) is -4.01. The Morgan fingerprint density at radius 1 is 1.31 bits per heavy atom. The molecule has 16 heavy (non-hydrogen) atoms. The molecule has 0 aromatic heterocycles. The molecule has 0 heterocycles. The maximum Gasteiger partial charge on any atom is 0.333 e. The minimum absolute atomic E-state index is 0.212. The predicted octanol–water partition coefficient (Wildman–Crippen LogP) is 2.20. The molecule has 5 heteroatoms. The Bertz CT molecular complexity index is 410. The summed E-state index contributed by atoms with van der Waals surface area (Å²) in [6, 6.07) is 9.28. The largest absolute Gasteiger partial charge is 0.381 e. The SMILES string of the molecule is CC(Nc1ccccc1)C1(P(=O)(O)O)CC1. The van der Waals surface area contributed by atoms with Gasteiger partial charge in [-0.15, -0.1) is 0 Å². The second kappa shape index (κ2) is 3.88. The second-order valence-corrected chi connectivity index (χ2v) is 6.36. The highest BCUT2D eigenvalue weighted by atomic mass is 31.2. The fraction of sp³-hybridized carbons (Fsp3) is 0.455. The minimum atomic E-state index is -4.01. The van der Waals surface area contributed by atoms with Gasteiger partial charge < -0.3 is 15.1 Å². The molecule has 0 amide bonds.